The van der Waals surface area contributed by atoms with E-state index in [1.807, 2.05) is 27.1 Å². The molecule has 2 aromatic carbocycles. The van der Waals surface area contributed by atoms with E-state index in [1.165, 1.54) is 17.0 Å². The molecule has 0 saturated heterocycles. The number of allylic oxidation sites excluding steroid dienone is 1. The molecule has 0 fully saturated rings. The van der Waals surface area contributed by atoms with Gasteiger partial charge in [0, 0.05) is 32.9 Å². The largest absolute Gasteiger partial charge is 0.456 e. The Morgan fingerprint density at radius 2 is 1.79 bits per heavy atom. The molecule has 3 rings (SSSR count). The van der Waals surface area contributed by atoms with Gasteiger partial charge in [-0.05, 0) is 30.7 Å². The number of ketones is 1. The first-order chi connectivity index (χ1) is 13.9. The van der Waals surface area contributed by atoms with Crippen molar-refractivity contribution < 1.29 is 19.1 Å². The summed E-state index contributed by atoms with van der Waals surface area (Å²) in [5.41, 5.74) is 0.661. The van der Waals surface area contributed by atoms with Crippen LogP contribution in [-0.4, -0.2) is 48.0 Å². The highest BCUT2D eigenvalue weighted by molar-refractivity contribution is 6.24. The van der Waals surface area contributed by atoms with Gasteiger partial charge in [-0.25, -0.2) is 0 Å². The molecule has 2 aromatic rings. The van der Waals surface area contributed by atoms with Crippen LogP contribution in [0.15, 0.2) is 54.7 Å². The zero-order valence-electron chi connectivity index (χ0n) is 16.8. The van der Waals surface area contributed by atoms with E-state index in [2.05, 4.69) is 0 Å². The summed E-state index contributed by atoms with van der Waals surface area (Å²) in [6.45, 7) is 2.34. The van der Waals surface area contributed by atoms with Gasteiger partial charge < -0.3 is 9.64 Å². The van der Waals surface area contributed by atoms with Gasteiger partial charge in [0.2, 0.25) is 0 Å². The second-order valence-corrected chi connectivity index (χ2v) is 7.04. The Hall–Kier alpha value is -3.41. The molecule has 0 bridgehead atoms. The number of para-hydroxylation sites is 1. The number of ether oxygens (including phenoxy) is 1. The van der Waals surface area contributed by atoms with Crippen LogP contribution in [0.5, 0.6) is 11.5 Å². The maximum absolute atomic E-state index is 13.1. The standard InChI is InChI=1S/C23H24N2O4/c1-4-5-14-25-22(27)18-12-11-17(19(26)13-15-24(2)3)21(20(18)23(25)28)29-16-9-7-6-8-10-16/h6-13,15H,4-5,14H2,1-3H3. The lowest BCUT2D eigenvalue weighted by atomic mass is 10.0. The average Bonchev–Trinajstić information content (AvgIpc) is 2.96. The number of hydrogen-bond donors (Lipinski definition) is 0. The predicted molar refractivity (Wildman–Crippen MR) is 110 cm³/mol. The molecule has 0 radical (unpaired) electrons. The van der Waals surface area contributed by atoms with Crippen LogP contribution >= 0.6 is 0 Å². The van der Waals surface area contributed by atoms with Gasteiger partial charge in [0.15, 0.2) is 11.5 Å². The lowest BCUT2D eigenvalue weighted by Crippen LogP contribution is -2.30. The summed E-state index contributed by atoms with van der Waals surface area (Å²) in [4.78, 5) is 41.6. The number of imide groups is 1. The number of carbonyl (C=O) groups is 3. The summed E-state index contributed by atoms with van der Waals surface area (Å²) < 4.78 is 5.98. The molecule has 29 heavy (non-hydrogen) atoms. The summed E-state index contributed by atoms with van der Waals surface area (Å²) in [6.07, 6.45) is 4.62. The van der Waals surface area contributed by atoms with Gasteiger partial charge >= 0.3 is 0 Å². The van der Waals surface area contributed by atoms with Crippen LogP contribution in [0.25, 0.3) is 0 Å². The molecule has 1 aliphatic heterocycles. The molecule has 150 valence electrons. The molecule has 0 aromatic heterocycles. The highest BCUT2D eigenvalue weighted by Gasteiger charge is 2.39. The Bertz CT molecular complexity index is 964. The number of rotatable bonds is 8. The van der Waals surface area contributed by atoms with Gasteiger partial charge in [0.05, 0.1) is 16.7 Å². The highest BCUT2D eigenvalue weighted by Crippen LogP contribution is 2.37. The smallest absolute Gasteiger partial charge is 0.265 e. The van der Waals surface area contributed by atoms with E-state index in [9.17, 15) is 14.4 Å². The van der Waals surface area contributed by atoms with Gasteiger partial charge in [-0.1, -0.05) is 31.5 Å². The van der Waals surface area contributed by atoms with Crippen molar-refractivity contribution in [2.24, 2.45) is 0 Å². The van der Waals surface area contributed by atoms with Crippen LogP contribution in [0, 0.1) is 0 Å². The van der Waals surface area contributed by atoms with E-state index < -0.39 is 5.91 Å². The minimum absolute atomic E-state index is 0.124. The Labute approximate surface area is 170 Å². The summed E-state index contributed by atoms with van der Waals surface area (Å²) in [6, 6.07) is 12.0. The third-order valence-corrected chi connectivity index (χ3v) is 4.58. The minimum atomic E-state index is -0.421. The van der Waals surface area contributed by atoms with Crippen molar-refractivity contribution in [2.45, 2.75) is 19.8 Å². The third-order valence-electron chi connectivity index (χ3n) is 4.58. The molecule has 1 heterocycles. The van der Waals surface area contributed by atoms with Crippen LogP contribution in [0.3, 0.4) is 0 Å². The summed E-state index contributed by atoms with van der Waals surface area (Å²) >= 11 is 0. The molecule has 0 saturated carbocycles. The molecule has 6 nitrogen and oxygen atoms in total. The van der Waals surface area contributed by atoms with Crippen molar-refractivity contribution in [3.63, 3.8) is 0 Å². The first kappa shape index (κ1) is 20.3. The summed E-state index contributed by atoms with van der Waals surface area (Å²) in [7, 11) is 3.61. The molecule has 1 aliphatic rings. The first-order valence-corrected chi connectivity index (χ1v) is 9.59. The molecular weight excluding hydrogens is 368 g/mol. The van der Waals surface area contributed by atoms with Crippen LogP contribution < -0.4 is 4.74 Å². The molecule has 0 spiro atoms. The van der Waals surface area contributed by atoms with Gasteiger partial charge in [0.1, 0.15) is 5.75 Å². The van der Waals surface area contributed by atoms with Crippen LogP contribution in [0.4, 0.5) is 0 Å². The number of amides is 2. The maximum Gasteiger partial charge on any atom is 0.265 e. The lowest BCUT2D eigenvalue weighted by Gasteiger charge is -2.14. The van der Waals surface area contributed by atoms with E-state index >= 15 is 0 Å². The Morgan fingerprint density at radius 3 is 2.45 bits per heavy atom. The molecule has 0 N–H and O–H groups in total. The van der Waals surface area contributed by atoms with Gasteiger partial charge in [0.25, 0.3) is 11.8 Å². The predicted octanol–water partition coefficient (Wildman–Crippen LogP) is 4.13. The van der Waals surface area contributed by atoms with E-state index in [0.29, 0.717) is 12.3 Å². The van der Waals surface area contributed by atoms with E-state index in [4.69, 9.17) is 4.74 Å². The van der Waals surface area contributed by atoms with Crippen molar-refractivity contribution in [3.05, 3.63) is 71.4 Å². The fourth-order valence-corrected chi connectivity index (χ4v) is 3.08. The molecule has 0 unspecified atom stereocenters. The van der Waals surface area contributed by atoms with Crippen molar-refractivity contribution in [1.29, 1.82) is 0 Å². The van der Waals surface area contributed by atoms with Gasteiger partial charge in [-0.3, -0.25) is 19.3 Å². The van der Waals surface area contributed by atoms with Crippen LogP contribution in [0.2, 0.25) is 0 Å². The Morgan fingerprint density at radius 1 is 1.07 bits per heavy atom. The SMILES string of the molecule is CCCCN1C(=O)c2ccc(C(=O)C=CN(C)C)c(Oc3ccccc3)c2C1=O. The van der Waals surface area contributed by atoms with Crippen molar-refractivity contribution in [2.75, 3.05) is 20.6 Å². The Balaban J connectivity index is 2.10. The number of benzene rings is 2. The van der Waals surface area contributed by atoms with Crippen molar-refractivity contribution in [1.82, 2.24) is 9.80 Å². The quantitative estimate of drug-likeness (QED) is 0.384. The number of nitrogens with zero attached hydrogens (tertiary/aromatic N) is 2. The zero-order valence-corrected chi connectivity index (χ0v) is 16.8. The number of fused-ring (bicyclic) bond motifs is 1. The number of hydrogen-bond acceptors (Lipinski definition) is 5. The van der Waals surface area contributed by atoms with E-state index in [1.54, 1.807) is 41.4 Å². The second-order valence-electron chi connectivity index (χ2n) is 7.04. The normalized spacial score (nSPS) is 13.1. The Kier molecular flexibility index (Phi) is 6.12. The van der Waals surface area contributed by atoms with Gasteiger partial charge in [-0.15, -0.1) is 0 Å². The van der Waals surface area contributed by atoms with Crippen LogP contribution in [0.1, 0.15) is 50.8 Å². The third kappa shape index (κ3) is 4.21. The zero-order chi connectivity index (χ0) is 21.0. The molecule has 0 aliphatic carbocycles. The van der Waals surface area contributed by atoms with E-state index in [0.717, 1.165) is 12.8 Å². The van der Waals surface area contributed by atoms with E-state index in [-0.39, 0.29) is 34.1 Å². The van der Waals surface area contributed by atoms with Gasteiger partial charge in [-0.2, -0.15) is 0 Å². The number of unbranched alkanes of at least 4 members (excludes halogenated alkanes) is 1. The fraction of sp³-hybridized carbons (Fsp3) is 0.261. The summed E-state index contributed by atoms with van der Waals surface area (Å²) in [5.74, 6) is -0.465. The average molecular weight is 392 g/mol. The fourth-order valence-electron chi connectivity index (χ4n) is 3.08. The summed E-state index contributed by atoms with van der Waals surface area (Å²) in [5, 5.41) is 0. The first-order valence-electron chi connectivity index (χ1n) is 9.59. The molecule has 0 atom stereocenters. The second kappa shape index (κ2) is 8.73. The van der Waals surface area contributed by atoms with Crippen LogP contribution in [-0.2, 0) is 0 Å². The number of carbonyl (C=O) groups excluding carboxylic acids is 3. The monoisotopic (exact) mass is 392 g/mol. The molecule has 2 amide bonds. The lowest BCUT2D eigenvalue weighted by molar-refractivity contribution is 0.0651. The maximum atomic E-state index is 13.1. The topological polar surface area (TPSA) is 66.9 Å². The highest BCUT2D eigenvalue weighted by atomic mass is 16.5. The van der Waals surface area contributed by atoms with Crippen molar-refractivity contribution >= 4 is 17.6 Å². The molecular formula is C23H24N2O4. The minimum Gasteiger partial charge on any atom is -0.456 e. The van der Waals surface area contributed by atoms with Crippen molar-refractivity contribution in [3.8, 4) is 11.5 Å². The molecule has 6 heteroatoms.